The molecule has 6 nitrogen and oxygen atoms in total. The Kier molecular flexibility index (Phi) is 4.33. The predicted octanol–water partition coefficient (Wildman–Crippen LogP) is -0.00880. The fraction of sp³-hybridized carbons (Fsp3) is 0.462. The Hall–Kier alpha value is -2.11. The van der Waals surface area contributed by atoms with Gasteiger partial charge in [0.15, 0.2) is 0 Å². The van der Waals surface area contributed by atoms with Crippen LogP contribution in [0, 0.1) is 0 Å². The first-order chi connectivity index (χ1) is 9.13. The van der Waals surface area contributed by atoms with Crippen molar-refractivity contribution in [2.24, 2.45) is 0 Å². The summed E-state index contributed by atoms with van der Waals surface area (Å²) in [6.45, 7) is 0.354. The third kappa shape index (κ3) is 4.95. The van der Waals surface area contributed by atoms with Gasteiger partial charge in [-0.25, -0.2) is 0 Å². The molecule has 0 atom stereocenters. The van der Waals surface area contributed by atoms with Gasteiger partial charge < -0.3 is 16.4 Å². The van der Waals surface area contributed by atoms with Gasteiger partial charge in [-0.1, -0.05) is 0 Å². The zero-order valence-electron chi connectivity index (χ0n) is 10.7. The summed E-state index contributed by atoms with van der Waals surface area (Å²) in [7, 11) is 0. The minimum absolute atomic E-state index is 0.00610. The van der Waals surface area contributed by atoms with Gasteiger partial charge >= 0.3 is 0 Å². The number of pyridine rings is 1. The molecule has 4 N–H and O–H groups in total. The monoisotopic (exact) mass is 262 g/mol. The molecule has 6 heteroatoms. The largest absolute Gasteiger partial charge is 0.397 e. The van der Waals surface area contributed by atoms with Gasteiger partial charge in [0.25, 0.3) is 0 Å². The van der Waals surface area contributed by atoms with Crippen molar-refractivity contribution >= 4 is 17.5 Å². The molecule has 1 heterocycles. The van der Waals surface area contributed by atoms with Crippen molar-refractivity contribution in [2.75, 3.05) is 12.3 Å². The molecule has 102 valence electrons. The van der Waals surface area contributed by atoms with E-state index in [-0.39, 0.29) is 18.2 Å². The van der Waals surface area contributed by atoms with Gasteiger partial charge in [-0.2, -0.15) is 0 Å². The molecule has 19 heavy (non-hydrogen) atoms. The number of aromatic nitrogens is 1. The Balaban J connectivity index is 1.63. The Bertz CT molecular complexity index is 454. The maximum atomic E-state index is 11.6. The number of carbonyl (C=O) groups is 2. The van der Waals surface area contributed by atoms with E-state index in [4.69, 9.17) is 5.73 Å². The molecule has 0 aliphatic heterocycles. The maximum Gasteiger partial charge on any atom is 0.226 e. The number of nitrogens with two attached hydrogens (primary N) is 1. The van der Waals surface area contributed by atoms with E-state index in [2.05, 4.69) is 15.6 Å². The van der Waals surface area contributed by atoms with Gasteiger partial charge in [0.1, 0.15) is 0 Å². The normalized spacial score (nSPS) is 13.9. The molecule has 1 aromatic heterocycles. The maximum absolute atomic E-state index is 11.6. The summed E-state index contributed by atoms with van der Waals surface area (Å²) in [4.78, 5) is 27.0. The van der Waals surface area contributed by atoms with E-state index < -0.39 is 0 Å². The quantitative estimate of drug-likeness (QED) is 0.671. The van der Waals surface area contributed by atoms with Gasteiger partial charge in [0.2, 0.25) is 11.8 Å². The van der Waals surface area contributed by atoms with Gasteiger partial charge in [0, 0.05) is 24.7 Å². The molecule has 0 unspecified atom stereocenters. The molecule has 0 bridgehead atoms. The lowest BCUT2D eigenvalue weighted by Gasteiger charge is -2.05. The number of nitrogens with zero attached hydrogens (tertiary/aromatic N) is 1. The summed E-state index contributed by atoms with van der Waals surface area (Å²) in [6.07, 6.45) is 4.18. The summed E-state index contributed by atoms with van der Waals surface area (Å²) in [6, 6.07) is 3.79. The van der Waals surface area contributed by atoms with Crippen molar-refractivity contribution in [1.29, 1.82) is 0 Å². The van der Waals surface area contributed by atoms with E-state index in [9.17, 15) is 9.59 Å². The summed E-state index contributed by atoms with van der Waals surface area (Å²) in [5, 5.41) is 5.57. The predicted molar refractivity (Wildman–Crippen MR) is 71.1 cm³/mol. The number of nitrogens with one attached hydrogen (secondary N) is 2. The van der Waals surface area contributed by atoms with Crippen LogP contribution in [0.15, 0.2) is 18.3 Å². The van der Waals surface area contributed by atoms with Gasteiger partial charge in [-0.05, 0) is 25.0 Å². The molecule has 0 aromatic carbocycles. The molecule has 0 radical (unpaired) electrons. The fourth-order valence-electron chi connectivity index (χ4n) is 1.61. The van der Waals surface area contributed by atoms with Gasteiger partial charge in [0.05, 0.1) is 18.3 Å². The number of hydrogen-bond donors (Lipinski definition) is 3. The Morgan fingerprint density at radius 2 is 2.11 bits per heavy atom. The van der Waals surface area contributed by atoms with Crippen molar-refractivity contribution in [3.63, 3.8) is 0 Å². The molecule has 1 aliphatic carbocycles. The second-order valence-electron chi connectivity index (χ2n) is 4.70. The van der Waals surface area contributed by atoms with Crippen molar-refractivity contribution < 1.29 is 9.59 Å². The third-order valence-electron chi connectivity index (χ3n) is 2.81. The molecule has 2 rings (SSSR count). The van der Waals surface area contributed by atoms with Crippen LogP contribution in [0.4, 0.5) is 5.69 Å². The van der Waals surface area contributed by atoms with Crippen LogP contribution in [0.25, 0.3) is 0 Å². The highest BCUT2D eigenvalue weighted by Gasteiger charge is 2.22. The van der Waals surface area contributed by atoms with Gasteiger partial charge in [-0.15, -0.1) is 0 Å². The summed E-state index contributed by atoms with van der Waals surface area (Å²) >= 11 is 0. The van der Waals surface area contributed by atoms with Crippen molar-refractivity contribution in [3.05, 3.63) is 24.0 Å². The van der Waals surface area contributed by atoms with E-state index in [0.29, 0.717) is 30.4 Å². The molecular weight excluding hydrogens is 244 g/mol. The average molecular weight is 262 g/mol. The van der Waals surface area contributed by atoms with Crippen molar-refractivity contribution in [1.82, 2.24) is 15.6 Å². The third-order valence-corrected chi connectivity index (χ3v) is 2.81. The Labute approximate surface area is 111 Å². The van der Waals surface area contributed by atoms with E-state index in [1.807, 2.05) is 0 Å². The SMILES string of the molecule is Nc1ccc(CC(=O)NCCC(=O)NC2CC2)nc1. The van der Waals surface area contributed by atoms with Crippen LogP contribution >= 0.6 is 0 Å². The molecule has 1 fully saturated rings. The number of carbonyl (C=O) groups excluding carboxylic acids is 2. The molecule has 0 saturated heterocycles. The number of rotatable bonds is 6. The minimum atomic E-state index is -0.142. The second kappa shape index (κ2) is 6.17. The zero-order chi connectivity index (χ0) is 13.7. The molecule has 1 saturated carbocycles. The lowest BCUT2D eigenvalue weighted by Crippen LogP contribution is -2.32. The van der Waals surface area contributed by atoms with Crippen LogP contribution in [0.3, 0.4) is 0 Å². The first-order valence-corrected chi connectivity index (χ1v) is 6.40. The Morgan fingerprint density at radius 3 is 2.74 bits per heavy atom. The second-order valence-corrected chi connectivity index (χ2v) is 4.70. The highest BCUT2D eigenvalue weighted by atomic mass is 16.2. The smallest absolute Gasteiger partial charge is 0.226 e. The number of hydrogen-bond acceptors (Lipinski definition) is 4. The van der Waals surface area contributed by atoms with E-state index in [0.717, 1.165) is 12.8 Å². The number of anilines is 1. The fourth-order valence-corrected chi connectivity index (χ4v) is 1.61. The average Bonchev–Trinajstić information content (AvgIpc) is 3.16. The van der Waals surface area contributed by atoms with Crippen LogP contribution in [-0.2, 0) is 16.0 Å². The zero-order valence-corrected chi connectivity index (χ0v) is 10.7. The lowest BCUT2D eigenvalue weighted by molar-refractivity contribution is -0.122. The molecular formula is C13H18N4O2. The summed E-state index contributed by atoms with van der Waals surface area (Å²) < 4.78 is 0. The van der Waals surface area contributed by atoms with E-state index in [1.54, 1.807) is 12.1 Å². The van der Waals surface area contributed by atoms with Crippen LogP contribution in [0.2, 0.25) is 0 Å². The summed E-state index contributed by atoms with van der Waals surface area (Å²) in [5.41, 5.74) is 6.74. The van der Waals surface area contributed by atoms with Crippen molar-refractivity contribution in [2.45, 2.75) is 31.7 Å². The first-order valence-electron chi connectivity index (χ1n) is 6.40. The minimum Gasteiger partial charge on any atom is -0.397 e. The van der Waals surface area contributed by atoms with Gasteiger partial charge in [-0.3, -0.25) is 14.6 Å². The lowest BCUT2D eigenvalue weighted by atomic mass is 10.2. The molecule has 2 amide bonds. The summed E-state index contributed by atoms with van der Waals surface area (Å²) in [5.74, 6) is -0.148. The van der Waals surface area contributed by atoms with E-state index >= 15 is 0 Å². The van der Waals surface area contributed by atoms with Crippen LogP contribution in [0.1, 0.15) is 25.0 Å². The van der Waals surface area contributed by atoms with Crippen LogP contribution < -0.4 is 16.4 Å². The van der Waals surface area contributed by atoms with E-state index in [1.165, 1.54) is 6.20 Å². The van der Waals surface area contributed by atoms with Crippen LogP contribution in [0.5, 0.6) is 0 Å². The number of nitrogen functional groups attached to an aromatic ring is 1. The Morgan fingerprint density at radius 1 is 1.32 bits per heavy atom. The van der Waals surface area contributed by atoms with Crippen LogP contribution in [-0.4, -0.2) is 29.4 Å². The first kappa shape index (κ1) is 13.3. The number of amides is 2. The highest BCUT2D eigenvalue weighted by molar-refractivity contribution is 5.80. The topological polar surface area (TPSA) is 97.1 Å². The molecule has 1 aromatic rings. The highest BCUT2D eigenvalue weighted by Crippen LogP contribution is 2.18. The van der Waals surface area contributed by atoms with Crippen molar-refractivity contribution in [3.8, 4) is 0 Å². The molecule has 1 aliphatic rings. The molecule has 0 spiro atoms. The standard InChI is InChI=1S/C13H18N4O2/c14-9-1-2-11(16-8-9)7-13(19)15-6-5-12(18)17-10-3-4-10/h1-2,8,10H,3-7,14H2,(H,15,19)(H,17,18).